The third-order valence-electron chi connectivity index (χ3n) is 3.05. The number of nitrogens with zero attached hydrogens (tertiary/aromatic N) is 3. The van der Waals surface area contributed by atoms with Crippen LogP contribution in [0.25, 0.3) is 0 Å². The Morgan fingerprint density at radius 3 is 2.82 bits per heavy atom. The average Bonchev–Trinajstić information content (AvgIpc) is 2.84. The van der Waals surface area contributed by atoms with Crippen LogP contribution in [0, 0.1) is 0 Å². The van der Waals surface area contributed by atoms with E-state index in [0.29, 0.717) is 28.2 Å². The summed E-state index contributed by atoms with van der Waals surface area (Å²) < 4.78 is 7.42. The van der Waals surface area contributed by atoms with E-state index >= 15 is 0 Å². The second kappa shape index (κ2) is 7.51. The first-order chi connectivity index (χ1) is 10.5. The Labute approximate surface area is 138 Å². The number of aromatic nitrogens is 3. The molecule has 0 saturated heterocycles. The zero-order chi connectivity index (χ0) is 16.1. The predicted molar refractivity (Wildman–Crippen MR) is 85.9 cm³/mol. The second-order valence-corrected chi connectivity index (χ2v) is 6.17. The van der Waals surface area contributed by atoms with Crippen LogP contribution in [0.5, 0.6) is 5.75 Å². The molecule has 0 radical (unpaired) electrons. The number of benzene rings is 1. The van der Waals surface area contributed by atoms with Crippen LogP contribution in [-0.2, 0) is 18.4 Å². The molecule has 1 unspecified atom stereocenters. The molecule has 0 aliphatic heterocycles. The van der Waals surface area contributed by atoms with Gasteiger partial charge in [0.05, 0.1) is 10.3 Å². The molecule has 1 atom stereocenters. The van der Waals surface area contributed by atoms with Gasteiger partial charge in [-0.15, -0.1) is 10.2 Å². The molecule has 1 aromatic carbocycles. The Bertz CT molecular complexity index is 662. The van der Waals surface area contributed by atoms with Crippen molar-refractivity contribution in [1.82, 2.24) is 14.8 Å². The molecule has 2 N–H and O–H groups in total. The van der Waals surface area contributed by atoms with Crippen LogP contribution in [0.2, 0.25) is 5.02 Å². The highest BCUT2D eigenvalue weighted by Crippen LogP contribution is 2.26. The van der Waals surface area contributed by atoms with Crippen molar-refractivity contribution in [1.29, 1.82) is 0 Å². The van der Waals surface area contributed by atoms with Crippen LogP contribution >= 0.6 is 23.4 Å². The summed E-state index contributed by atoms with van der Waals surface area (Å²) in [6.07, 6.45) is 0.637. The second-order valence-electron chi connectivity index (χ2n) is 4.59. The maximum absolute atomic E-state index is 11.3. The number of halogens is 1. The molecule has 2 aromatic rings. The highest BCUT2D eigenvalue weighted by Gasteiger charge is 2.19. The van der Waals surface area contributed by atoms with Crippen molar-refractivity contribution >= 4 is 29.3 Å². The van der Waals surface area contributed by atoms with E-state index in [9.17, 15) is 4.79 Å². The number of thioether (sulfide) groups is 1. The fourth-order valence-electron chi connectivity index (χ4n) is 1.75. The van der Waals surface area contributed by atoms with Crippen LogP contribution in [0.1, 0.15) is 19.2 Å². The van der Waals surface area contributed by atoms with Crippen LogP contribution < -0.4 is 10.5 Å². The number of carbonyl (C=O) groups is 1. The molecule has 0 fully saturated rings. The lowest BCUT2D eigenvalue weighted by atomic mass is 10.3. The number of hydrogen-bond donors (Lipinski definition) is 1. The Kier molecular flexibility index (Phi) is 5.68. The summed E-state index contributed by atoms with van der Waals surface area (Å²) in [5.74, 6) is 0.871. The molecule has 0 saturated carbocycles. The number of primary amides is 1. The van der Waals surface area contributed by atoms with Crippen LogP contribution in [-0.4, -0.2) is 25.9 Å². The van der Waals surface area contributed by atoms with Crippen molar-refractivity contribution in [3.8, 4) is 5.75 Å². The van der Waals surface area contributed by atoms with Crippen molar-refractivity contribution in [2.75, 3.05) is 0 Å². The van der Waals surface area contributed by atoms with Gasteiger partial charge < -0.3 is 15.0 Å². The van der Waals surface area contributed by atoms with Crippen molar-refractivity contribution in [3.63, 3.8) is 0 Å². The number of hydrogen-bond acceptors (Lipinski definition) is 5. The Hall–Kier alpha value is -1.73. The van der Waals surface area contributed by atoms with Gasteiger partial charge in [-0.3, -0.25) is 4.79 Å². The van der Waals surface area contributed by atoms with Gasteiger partial charge >= 0.3 is 0 Å². The molecule has 1 amide bonds. The summed E-state index contributed by atoms with van der Waals surface area (Å²) in [7, 11) is 1.82. The van der Waals surface area contributed by atoms with Crippen molar-refractivity contribution < 1.29 is 9.53 Å². The van der Waals surface area contributed by atoms with Gasteiger partial charge in [0, 0.05) is 7.05 Å². The fourth-order valence-corrected chi connectivity index (χ4v) is 2.83. The fraction of sp³-hybridized carbons (Fsp3) is 0.357. The molecule has 0 spiro atoms. The topological polar surface area (TPSA) is 83.0 Å². The van der Waals surface area contributed by atoms with E-state index in [-0.39, 0.29) is 17.8 Å². The smallest absolute Gasteiger partial charge is 0.231 e. The largest absolute Gasteiger partial charge is 0.484 e. The number of carbonyl (C=O) groups excluding carboxylic acids is 1. The summed E-state index contributed by atoms with van der Waals surface area (Å²) in [5.41, 5.74) is 5.35. The van der Waals surface area contributed by atoms with Gasteiger partial charge in [0.15, 0.2) is 11.0 Å². The Morgan fingerprint density at radius 1 is 1.45 bits per heavy atom. The van der Waals surface area contributed by atoms with Crippen LogP contribution in [0.15, 0.2) is 29.4 Å². The average molecular weight is 341 g/mol. The van der Waals surface area contributed by atoms with E-state index in [1.54, 1.807) is 16.7 Å². The zero-order valence-electron chi connectivity index (χ0n) is 12.3. The minimum atomic E-state index is -0.357. The summed E-state index contributed by atoms with van der Waals surface area (Å²) in [5, 5.41) is 9.00. The lowest BCUT2D eigenvalue weighted by molar-refractivity contribution is -0.117. The molecular formula is C14H17ClN4O2S. The molecule has 6 nitrogen and oxygen atoms in total. The van der Waals surface area contributed by atoms with Gasteiger partial charge in [0.25, 0.3) is 0 Å². The normalized spacial score (nSPS) is 12.1. The van der Waals surface area contributed by atoms with Crippen molar-refractivity contribution in [3.05, 3.63) is 35.1 Å². The first-order valence-corrected chi connectivity index (χ1v) is 8.00. The zero-order valence-corrected chi connectivity index (χ0v) is 13.9. The molecule has 1 heterocycles. The van der Waals surface area contributed by atoms with Crippen LogP contribution in [0.3, 0.4) is 0 Å². The minimum absolute atomic E-state index is 0.237. The molecule has 2 rings (SSSR count). The number of para-hydroxylation sites is 1. The number of ether oxygens (including phenoxy) is 1. The van der Waals surface area contributed by atoms with E-state index in [1.807, 2.05) is 26.1 Å². The molecule has 22 heavy (non-hydrogen) atoms. The van der Waals surface area contributed by atoms with Gasteiger partial charge in [-0.25, -0.2) is 0 Å². The molecular weight excluding hydrogens is 324 g/mol. The quantitative estimate of drug-likeness (QED) is 0.782. The van der Waals surface area contributed by atoms with Crippen LogP contribution in [0.4, 0.5) is 0 Å². The molecule has 0 aliphatic rings. The summed E-state index contributed by atoms with van der Waals surface area (Å²) in [6.45, 7) is 2.14. The van der Waals surface area contributed by atoms with Gasteiger partial charge in [-0.05, 0) is 18.6 Å². The third-order valence-corrected chi connectivity index (χ3v) is 4.78. The Morgan fingerprint density at radius 2 is 2.18 bits per heavy atom. The van der Waals surface area contributed by atoms with Crippen molar-refractivity contribution in [2.45, 2.75) is 30.4 Å². The summed E-state index contributed by atoms with van der Waals surface area (Å²) >= 11 is 7.34. The maximum atomic E-state index is 11.3. The maximum Gasteiger partial charge on any atom is 0.231 e. The van der Waals surface area contributed by atoms with Crippen molar-refractivity contribution in [2.24, 2.45) is 12.8 Å². The minimum Gasteiger partial charge on any atom is -0.484 e. The predicted octanol–water partition coefficient (Wildman–Crippen LogP) is 2.40. The molecule has 8 heteroatoms. The van der Waals surface area contributed by atoms with Gasteiger partial charge in [0.2, 0.25) is 5.91 Å². The first kappa shape index (κ1) is 16.6. The van der Waals surface area contributed by atoms with E-state index in [0.717, 1.165) is 0 Å². The molecule has 0 aliphatic carbocycles. The van der Waals surface area contributed by atoms with E-state index < -0.39 is 0 Å². The highest BCUT2D eigenvalue weighted by molar-refractivity contribution is 8.00. The SMILES string of the molecule is CCC(Sc1nnc(COc2ccccc2Cl)n1C)C(N)=O. The van der Waals surface area contributed by atoms with E-state index in [4.69, 9.17) is 22.1 Å². The highest BCUT2D eigenvalue weighted by atomic mass is 35.5. The third kappa shape index (κ3) is 3.92. The number of amides is 1. The van der Waals surface area contributed by atoms with E-state index in [2.05, 4.69) is 10.2 Å². The van der Waals surface area contributed by atoms with E-state index in [1.165, 1.54) is 11.8 Å². The summed E-state index contributed by atoms with van der Waals surface area (Å²) in [4.78, 5) is 11.3. The first-order valence-electron chi connectivity index (χ1n) is 6.74. The van der Waals surface area contributed by atoms with Gasteiger partial charge in [0.1, 0.15) is 12.4 Å². The summed E-state index contributed by atoms with van der Waals surface area (Å²) in [6, 6.07) is 7.22. The number of rotatable bonds is 7. The standard InChI is InChI=1S/C14H17ClN4O2S/c1-3-11(13(16)20)22-14-18-17-12(19(14)2)8-21-10-7-5-4-6-9(10)15/h4-7,11H,3,8H2,1-2H3,(H2,16,20). The molecule has 0 bridgehead atoms. The van der Waals surface area contributed by atoms with Gasteiger partial charge in [-0.2, -0.15) is 0 Å². The molecule has 1 aromatic heterocycles. The Balaban J connectivity index is 2.05. The molecule has 118 valence electrons. The lowest BCUT2D eigenvalue weighted by Gasteiger charge is -2.10. The monoisotopic (exact) mass is 340 g/mol. The van der Waals surface area contributed by atoms with Gasteiger partial charge in [-0.1, -0.05) is 42.4 Å². The lowest BCUT2D eigenvalue weighted by Crippen LogP contribution is -2.25. The number of nitrogens with two attached hydrogens (primary N) is 1.